The second kappa shape index (κ2) is 17.1. The summed E-state index contributed by atoms with van der Waals surface area (Å²) in [6.45, 7) is -1.32. The molecule has 0 unspecified atom stereocenters. The van der Waals surface area contributed by atoms with Gasteiger partial charge in [-0.25, -0.2) is 4.79 Å². The van der Waals surface area contributed by atoms with Crippen LogP contribution in [0, 0.1) is 0 Å². The number of hydrogen-bond acceptors (Lipinski definition) is 9. The standard InChI is InChI=1S/C28H36N6O9/c29-19(15-35)25(39)33-20(10-11-23(30)37)27(41)34-21(12-16-4-2-1-3-5-16)26(40)31-14-24(38)32-22(28(42)43)13-17-6-8-18(36)9-7-17/h1-9,19-22,35-36H,10-15,29H2,(H2,30,37)(H,31,40)(H,32,38)(H,33,39)(H,34,41)(H,42,43)/t19-,20-,21-,22-/m0/s1. The molecule has 0 radical (unpaired) electrons. The maximum Gasteiger partial charge on any atom is 0.326 e. The Balaban J connectivity index is 2.12. The van der Waals surface area contributed by atoms with Gasteiger partial charge in [0.2, 0.25) is 29.5 Å². The maximum absolute atomic E-state index is 13.1. The number of carbonyl (C=O) groups is 6. The number of aliphatic hydroxyl groups excluding tert-OH is 1. The Labute approximate surface area is 247 Å². The molecule has 0 aliphatic carbocycles. The van der Waals surface area contributed by atoms with Gasteiger partial charge in [0.25, 0.3) is 0 Å². The monoisotopic (exact) mass is 600 g/mol. The molecule has 43 heavy (non-hydrogen) atoms. The van der Waals surface area contributed by atoms with Crippen molar-refractivity contribution < 1.29 is 44.1 Å². The van der Waals surface area contributed by atoms with E-state index in [2.05, 4.69) is 21.3 Å². The molecule has 15 heteroatoms. The molecule has 4 atom stereocenters. The third-order valence-corrected chi connectivity index (χ3v) is 6.19. The molecule has 0 fully saturated rings. The number of aromatic hydroxyl groups is 1. The van der Waals surface area contributed by atoms with Crippen LogP contribution in [0.25, 0.3) is 0 Å². The zero-order chi connectivity index (χ0) is 31.9. The number of phenolic OH excluding ortho intramolecular Hbond substituents is 1. The molecule has 15 nitrogen and oxygen atoms in total. The normalized spacial score (nSPS) is 13.4. The Hall–Kier alpha value is -5.02. The molecule has 0 heterocycles. The van der Waals surface area contributed by atoms with Crippen LogP contribution >= 0.6 is 0 Å². The Kier molecular flexibility index (Phi) is 13.6. The van der Waals surface area contributed by atoms with Gasteiger partial charge in [0.1, 0.15) is 29.9 Å². The summed E-state index contributed by atoms with van der Waals surface area (Å²) in [5, 5.41) is 37.6. The number of rotatable bonds is 17. The Morgan fingerprint density at radius 2 is 1.33 bits per heavy atom. The van der Waals surface area contributed by atoms with Crippen LogP contribution in [0.5, 0.6) is 5.75 Å². The highest BCUT2D eigenvalue weighted by Gasteiger charge is 2.29. The number of phenols is 1. The number of carboxylic acids is 1. The fraction of sp³-hybridized carbons (Fsp3) is 0.357. The Bertz CT molecular complexity index is 1270. The van der Waals surface area contributed by atoms with Crippen molar-refractivity contribution in [2.75, 3.05) is 13.2 Å². The van der Waals surface area contributed by atoms with Crippen LogP contribution in [-0.4, -0.2) is 88.1 Å². The van der Waals surface area contributed by atoms with E-state index in [-0.39, 0.29) is 31.4 Å². The quantitative estimate of drug-likeness (QED) is 0.0915. The first-order valence-corrected chi connectivity index (χ1v) is 13.3. The average Bonchev–Trinajstić information content (AvgIpc) is 2.98. The molecular weight excluding hydrogens is 564 g/mol. The lowest BCUT2D eigenvalue weighted by Gasteiger charge is -2.24. The molecule has 0 saturated heterocycles. The van der Waals surface area contributed by atoms with E-state index in [1.807, 2.05) is 0 Å². The van der Waals surface area contributed by atoms with E-state index >= 15 is 0 Å². The van der Waals surface area contributed by atoms with Gasteiger partial charge in [-0.1, -0.05) is 42.5 Å². The van der Waals surface area contributed by atoms with Crippen molar-refractivity contribution in [3.8, 4) is 5.75 Å². The van der Waals surface area contributed by atoms with E-state index in [4.69, 9.17) is 16.6 Å². The number of aliphatic hydroxyl groups is 1. The molecule has 0 aliphatic heterocycles. The first kappa shape index (κ1) is 34.2. The number of nitrogens with two attached hydrogens (primary N) is 2. The minimum atomic E-state index is -1.34. The molecule has 0 aliphatic rings. The summed E-state index contributed by atoms with van der Waals surface area (Å²) >= 11 is 0. The van der Waals surface area contributed by atoms with Crippen LogP contribution in [0.4, 0.5) is 0 Å². The van der Waals surface area contributed by atoms with Crippen LogP contribution in [0.2, 0.25) is 0 Å². The molecule has 2 rings (SSSR count). The topological polar surface area (TPSA) is 263 Å². The minimum absolute atomic E-state index is 0.00479. The van der Waals surface area contributed by atoms with Gasteiger partial charge in [0.15, 0.2) is 0 Å². The summed E-state index contributed by atoms with van der Waals surface area (Å²) in [6, 6.07) is 9.10. The Morgan fingerprint density at radius 1 is 0.744 bits per heavy atom. The zero-order valence-corrected chi connectivity index (χ0v) is 23.2. The van der Waals surface area contributed by atoms with Gasteiger partial charge in [-0.05, 0) is 29.7 Å². The van der Waals surface area contributed by atoms with Gasteiger partial charge in [-0.15, -0.1) is 0 Å². The van der Waals surface area contributed by atoms with E-state index < -0.39 is 72.8 Å². The maximum atomic E-state index is 13.1. The van der Waals surface area contributed by atoms with Crippen molar-refractivity contribution in [3.63, 3.8) is 0 Å². The summed E-state index contributed by atoms with van der Waals surface area (Å²) in [4.78, 5) is 74.0. The number of carbonyl (C=O) groups excluding carboxylic acids is 5. The average molecular weight is 601 g/mol. The molecule has 0 bridgehead atoms. The lowest BCUT2D eigenvalue weighted by molar-refractivity contribution is -0.141. The SMILES string of the molecule is NC(=O)CC[C@H](NC(=O)[C@@H](N)CO)C(=O)N[C@@H](Cc1ccccc1)C(=O)NCC(=O)N[C@@H](Cc1ccc(O)cc1)C(=O)O. The molecule has 0 aromatic heterocycles. The zero-order valence-electron chi connectivity index (χ0n) is 23.2. The number of nitrogens with one attached hydrogen (secondary N) is 4. The van der Waals surface area contributed by atoms with Crippen molar-refractivity contribution in [3.05, 3.63) is 65.7 Å². The highest BCUT2D eigenvalue weighted by Crippen LogP contribution is 2.11. The lowest BCUT2D eigenvalue weighted by Crippen LogP contribution is -2.57. The lowest BCUT2D eigenvalue weighted by atomic mass is 10.0. The van der Waals surface area contributed by atoms with E-state index in [1.54, 1.807) is 30.3 Å². The van der Waals surface area contributed by atoms with Crippen molar-refractivity contribution in [2.45, 2.75) is 49.9 Å². The van der Waals surface area contributed by atoms with E-state index in [0.717, 1.165) is 0 Å². The highest BCUT2D eigenvalue weighted by molar-refractivity contribution is 5.95. The fourth-order valence-electron chi connectivity index (χ4n) is 3.85. The molecule has 0 saturated carbocycles. The number of amides is 5. The van der Waals surface area contributed by atoms with Crippen molar-refractivity contribution >= 4 is 35.5 Å². The van der Waals surface area contributed by atoms with E-state index in [9.17, 15) is 39.0 Å². The van der Waals surface area contributed by atoms with Gasteiger partial charge in [-0.3, -0.25) is 24.0 Å². The van der Waals surface area contributed by atoms with E-state index in [1.165, 1.54) is 24.3 Å². The molecule has 232 valence electrons. The van der Waals surface area contributed by atoms with Crippen molar-refractivity contribution in [1.29, 1.82) is 0 Å². The minimum Gasteiger partial charge on any atom is -0.508 e. The van der Waals surface area contributed by atoms with Crippen LogP contribution in [0.3, 0.4) is 0 Å². The van der Waals surface area contributed by atoms with E-state index in [0.29, 0.717) is 11.1 Å². The van der Waals surface area contributed by atoms with Gasteiger partial charge in [0.05, 0.1) is 13.2 Å². The third kappa shape index (κ3) is 12.2. The fourth-order valence-corrected chi connectivity index (χ4v) is 3.85. The van der Waals surface area contributed by atoms with Crippen LogP contribution in [0.1, 0.15) is 24.0 Å². The highest BCUT2D eigenvalue weighted by atomic mass is 16.4. The smallest absolute Gasteiger partial charge is 0.326 e. The summed E-state index contributed by atoms with van der Waals surface area (Å²) in [5.74, 6) is -5.37. The second-order valence-corrected chi connectivity index (χ2v) is 9.65. The number of aliphatic carboxylic acids is 1. The van der Waals surface area contributed by atoms with Crippen molar-refractivity contribution in [2.24, 2.45) is 11.5 Å². The number of hydrogen-bond donors (Lipinski definition) is 9. The number of carboxylic acid groups (broad SMARTS) is 1. The predicted molar refractivity (Wildman–Crippen MR) is 152 cm³/mol. The molecule has 2 aromatic carbocycles. The van der Waals surface area contributed by atoms with Crippen LogP contribution < -0.4 is 32.7 Å². The number of primary amides is 1. The molecule has 11 N–H and O–H groups in total. The van der Waals surface area contributed by atoms with Crippen LogP contribution in [0.15, 0.2) is 54.6 Å². The predicted octanol–water partition coefficient (Wildman–Crippen LogP) is -2.58. The first-order chi connectivity index (χ1) is 20.4. The molecule has 2 aromatic rings. The van der Waals surface area contributed by atoms with Gasteiger partial charge in [0, 0.05) is 19.3 Å². The number of benzene rings is 2. The summed E-state index contributed by atoms with van der Waals surface area (Å²) in [7, 11) is 0. The summed E-state index contributed by atoms with van der Waals surface area (Å²) in [6.07, 6.45) is -0.603. The third-order valence-electron chi connectivity index (χ3n) is 6.19. The van der Waals surface area contributed by atoms with Gasteiger partial charge >= 0.3 is 5.97 Å². The van der Waals surface area contributed by atoms with Crippen molar-refractivity contribution in [1.82, 2.24) is 21.3 Å². The largest absolute Gasteiger partial charge is 0.508 e. The first-order valence-electron chi connectivity index (χ1n) is 13.3. The second-order valence-electron chi connectivity index (χ2n) is 9.65. The summed E-state index contributed by atoms with van der Waals surface area (Å²) in [5.41, 5.74) is 11.9. The van der Waals surface area contributed by atoms with Gasteiger partial charge in [-0.2, -0.15) is 0 Å². The molecular formula is C28H36N6O9. The Morgan fingerprint density at radius 3 is 1.91 bits per heavy atom. The molecule has 0 spiro atoms. The molecule has 5 amide bonds. The summed E-state index contributed by atoms with van der Waals surface area (Å²) < 4.78 is 0. The van der Waals surface area contributed by atoms with Gasteiger partial charge < -0.3 is 48.1 Å². The van der Waals surface area contributed by atoms with Crippen LogP contribution in [-0.2, 0) is 41.6 Å².